The molecule has 2 heterocycles. The van der Waals surface area contributed by atoms with Gasteiger partial charge in [-0.1, -0.05) is 0 Å². The first-order chi connectivity index (χ1) is 16.4. The van der Waals surface area contributed by atoms with Crippen molar-refractivity contribution in [2.75, 3.05) is 55.1 Å². The number of anilines is 3. The quantitative estimate of drug-likeness (QED) is 0.667. The summed E-state index contributed by atoms with van der Waals surface area (Å²) in [6.07, 6.45) is 0.303. The molecule has 0 radical (unpaired) electrons. The second-order valence-corrected chi connectivity index (χ2v) is 8.17. The minimum absolute atomic E-state index is 0.119. The van der Waals surface area contributed by atoms with Crippen molar-refractivity contribution < 1.29 is 23.9 Å². The standard InChI is InChI=1S/C24H27N5O5/c1-27(16-22(31)25-18-4-8-19(9-5-18)28-12-14-34-15-13-28)24(33)17-2-6-20(7-3-17)29-23(32)11-10-21(30)26-29/h2-9H,10-16H2,1H3,(H,25,31)(H,26,30). The molecule has 34 heavy (non-hydrogen) atoms. The fourth-order valence-corrected chi connectivity index (χ4v) is 3.82. The molecule has 0 aromatic heterocycles. The number of hydrogen-bond donors (Lipinski definition) is 2. The topological polar surface area (TPSA) is 111 Å². The molecule has 4 amide bonds. The third-order valence-corrected chi connectivity index (χ3v) is 5.68. The van der Waals surface area contributed by atoms with Crippen molar-refractivity contribution >= 4 is 40.7 Å². The average molecular weight is 466 g/mol. The Hall–Kier alpha value is -3.92. The molecular weight excluding hydrogens is 438 g/mol. The monoisotopic (exact) mass is 465 g/mol. The highest BCUT2D eigenvalue weighted by molar-refractivity contribution is 6.02. The molecule has 10 nitrogen and oxygen atoms in total. The van der Waals surface area contributed by atoms with Crippen LogP contribution in [0.25, 0.3) is 0 Å². The van der Waals surface area contributed by atoms with E-state index in [4.69, 9.17) is 4.74 Å². The van der Waals surface area contributed by atoms with Crippen molar-refractivity contribution in [1.82, 2.24) is 10.3 Å². The first kappa shape index (κ1) is 23.2. The molecule has 0 unspecified atom stereocenters. The summed E-state index contributed by atoms with van der Waals surface area (Å²) in [7, 11) is 1.55. The highest BCUT2D eigenvalue weighted by Crippen LogP contribution is 2.20. The van der Waals surface area contributed by atoms with E-state index < -0.39 is 0 Å². The van der Waals surface area contributed by atoms with Gasteiger partial charge in [-0.25, -0.2) is 5.01 Å². The lowest BCUT2D eigenvalue weighted by Gasteiger charge is -2.28. The van der Waals surface area contributed by atoms with Gasteiger partial charge in [0.25, 0.3) is 5.91 Å². The third-order valence-electron chi connectivity index (χ3n) is 5.68. The van der Waals surface area contributed by atoms with E-state index in [2.05, 4.69) is 15.6 Å². The van der Waals surface area contributed by atoms with Gasteiger partial charge in [-0.05, 0) is 48.5 Å². The molecule has 0 atom stereocenters. The molecule has 2 aromatic rings. The summed E-state index contributed by atoms with van der Waals surface area (Å²) >= 11 is 0. The molecule has 0 bridgehead atoms. The van der Waals surface area contributed by atoms with E-state index in [0.29, 0.717) is 30.2 Å². The van der Waals surface area contributed by atoms with Crippen LogP contribution >= 0.6 is 0 Å². The number of carbonyl (C=O) groups excluding carboxylic acids is 4. The van der Waals surface area contributed by atoms with E-state index in [1.807, 2.05) is 24.3 Å². The number of nitrogens with zero attached hydrogens (tertiary/aromatic N) is 3. The fraction of sp³-hybridized carbons (Fsp3) is 0.333. The lowest BCUT2D eigenvalue weighted by molar-refractivity contribution is -0.130. The Balaban J connectivity index is 1.31. The summed E-state index contributed by atoms with van der Waals surface area (Å²) in [4.78, 5) is 52.3. The zero-order chi connectivity index (χ0) is 24.1. The molecule has 0 spiro atoms. The molecule has 2 aliphatic rings. The van der Waals surface area contributed by atoms with Crippen LogP contribution in [0.4, 0.5) is 17.1 Å². The second kappa shape index (κ2) is 10.3. The van der Waals surface area contributed by atoms with Gasteiger partial charge in [0.05, 0.1) is 25.4 Å². The summed E-state index contributed by atoms with van der Waals surface area (Å²) in [6.45, 7) is 2.96. The van der Waals surface area contributed by atoms with Gasteiger partial charge in [0, 0.05) is 49.9 Å². The second-order valence-electron chi connectivity index (χ2n) is 8.17. The number of hydrazine groups is 1. The molecule has 2 saturated heterocycles. The van der Waals surface area contributed by atoms with Crippen LogP contribution in [0.5, 0.6) is 0 Å². The highest BCUT2D eigenvalue weighted by atomic mass is 16.5. The SMILES string of the molecule is CN(CC(=O)Nc1ccc(N2CCOCC2)cc1)C(=O)c1ccc(N2NC(=O)CCC2=O)cc1. The molecule has 2 aromatic carbocycles. The summed E-state index contributed by atoms with van der Waals surface area (Å²) < 4.78 is 5.37. The lowest BCUT2D eigenvalue weighted by Crippen LogP contribution is -2.50. The molecule has 0 aliphatic carbocycles. The molecule has 10 heteroatoms. The Kier molecular flexibility index (Phi) is 7.07. The fourth-order valence-electron chi connectivity index (χ4n) is 3.82. The maximum absolute atomic E-state index is 12.7. The number of hydrogen-bond acceptors (Lipinski definition) is 6. The number of likely N-dealkylation sites (N-methyl/N-ethyl adjacent to an activating group) is 1. The largest absolute Gasteiger partial charge is 0.378 e. The normalized spacial score (nSPS) is 16.1. The van der Waals surface area contributed by atoms with Crippen molar-refractivity contribution in [3.05, 3.63) is 54.1 Å². The van der Waals surface area contributed by atoms with E-state index in [0.717, 1.165) is 18.8 Å². The highest BCUT2D eigenvalue weighted by Gasteiger charge is 2.24. The van der Waals surface area contributed by atoms with E-state index in [1.165, 1.54) is 9.91 Å². The number of morpholine rings is 1. The first-order valence-corrected chi connectivity index (χ1v) is 11.1. The molecular formula is C24H27N5O5. The maximum atomic E-state index is 12.7. The zero-order valence-electron chi connectivity index (χ0n) is 19.0. The third kappa shape index (κ3) is 5.52. The smallest absolute Gasteiger partial charge is 0.254 e. The van der Waals surface area contributed by atoms with Crippen LogP contribution in [0, 0.1) is 0 Å². The molecule has 2 N–H and O–H groups in total. The van der Waals surface area contributed by atoms with Crippen molar-refractivity contribution in [3.63, 3.8) is 0 Å². The number of carbonyl (C=O) groups is 4. The van der Waals surface area contributed by atoms with Crippen LogP contribution in [0.2, 0.25) is 0 Å². The maximum Gasteiger partial charge on any atom is 0.254 e. The van der Waals surface area contributed by atoms with Crippen LogP contribution in [0.3, 0.4) is 0 Å². The Morgan fingerprint density at radius 3 is 2.29 bits per heavy atom. The molecule has 178 valence electrons. The van der Waals surface area contributed by atoms with Gasteiger partial charge in [-0.2, -0.15) is 0 Å². The van der Waals surface area contributed by atoms with Gasteiger partial charge in [0.2, 0.25) is 17.7 Å². The van der Waals surface area contributed by atoms with Gasteiger partial charge >= 0.3 is 0 Å². The van der Waals surface area contributed by atoms with Gasteiger partial charge in [-0.3, -0.25) is 24.6 Å². The van der Waals surface area contributed by atoms with Crippen LogP contribution in [0.15, 0.2) is 48.5 Å². The Morgan fingerprint density at radius 1 is 0.971 bits per heavy atom. The van der Waals surface area contributed by atoms with Gasteiger partial charge in [0.15, 0.2) is 0 Å². The van der Waals surface area contributed by atoms with Crippen LogP contribution in [-0.4, -0.2) is 68.4 Å². The lowest BCUT2D eigenvalue weighted by atomic mass is 10.1. The van der Waals surface area contributed by atoms with E-state index in [1.54, 1.807) is 31.3 Å². The summed E-state index contributed by atoms with van der Waals surface area (Å²) in [5.41, 5.74) is 5.07. The summed E-state index contributed by atoms with van der Waals surface area (Å²) in [5, 5.41) is 3.99. The molecule has 4 rings (SSSR count). The van der Waals surface area contributed by atoms with E-state index >= 15 is 0 Å². The average Bonchev–Trinajstić information content (AvgIpc) is 2.86. The van der Waals surface area contributed by atoms with Crippen molar-refractivity contribution in [1.29, 1.82) is 0 Å². The van der Waals surface area contributed by atoms with Crippen LogP contribution < -0.4 is 20.7 Å². The Bertz CT molecular complexity index is 1060. The molecule has 0 saturated carbocycles. The van der Waals surface area contributed by atoms with Crippen molar-refractivity contribution in [2.24, 2.45) is 0 Å². The molecule has 2 fully saturated rings. The van der Waals surface area contributed by atoms with E-state index in [-0.39, 0.29) is 43.0 Å². The summed E-state index contributed by atoms with van der Waals surface area (Å²) in [5.74, 6) is -1.10. The van der Waals surface area contributed by atoms with E-state index in [9.17, 15) is 19.2 Å². The number of nitrogens with one attached hydrogen (secondary N) is 2. The Morgan fingerprint density at radius 2 is 1.62 bits per heavy atom. The zero-order valence-corrected chi connectivity index (χ0v) is 19.0. The van der Waals surface area contributed by atoms with Crippen molar-refractivity contribution in [2.45, 2.75) is 12.8 Å². The number of amides is 4. The van der Waals surface area contributed by atoms with Gasteiger partial charge in [0.1, 0.15) is 0 Å². The first-order valence-electron chi connectivity index (χ1n) is 11.1. The number of rotatable bonds is 6. The summed E-state index contributed by atoms with van der Waals surface area (Å²) in [6, 6.07) is 13.9. The minimum atomic E-state index is -0.335. The number of benzene rings is 2. The Labute approximate surface area is 197 Å². The van der Waals surface area contributed by atoms with Gasteiger partial charge in [-0.15, -0.1) is 0 Å². The number of ether oxygens (including phenoxy) is 1. The van der Waals surface area contributed by atoms with Crippen LogP contribution in [-0.2, 0) is 19.1 Å². The van der Waals surface area contributed by atoms with Crippen LogP contribution in [0.1, 0.15) is 23.2 Å². The predicted octanol–water partition coefficient (Wildman–Crippen LogP) is 1.39. The predicted molar refractivity (Wildman–Crippen MR) is 126 cm³/mol. The van der Waals surface area contributed by atoms with Gasteiger partial charge < -0.3 is 19.9 Å². The molecule has 2 aliphatic heterocycles. The minimum Gasteiger partial charge on any atom is -0.378 e. The van der Waals surface area contributed by atoms with Crippen molar-refractivity contribution in [3.8, 4) is 0 Å².